The molecular weight excluding hydrogens is 368 g/mol. The molecule has 6 nitrogen and oxygen atoms in total. The minimum Gasteiger partial charge on any atom is -0.480 e. The molecular formula is C23H42N2O4. The van der Waals surface area contributed by atoms with Gasteiger partial charge in [0.25, 0.3) is 0 Å². The maximum absolute atomic E-state index is 12.6. The molecule has 2 fully saturated rings. The first-order valence-corrected chi connectivity index (χ1v) is 11.2. The molecule has 0 amide bonds. The second-order valence-corrected chi connectivity index (χ2v) is 11.0. The first kappa shape index (κ1) is 24.1. The Labute approximate surface area is 177 Å². The van der Waals surface area contributed by atoms with Crippen LogP contribution in [-0.4, -0.2) is 72.2 Å². The van der Waals surface area contributed by atoms with Gasteiger partial charge in [0.15, 0.2) is 0 Å². The molecule has 3 atom stereocenters. The van der Waals surface area contributed by atoms with Crippen LogP contribution in [0.5, 0.6) is 0 Å². The van der Waals surface area contributed by atoms with E-state index in [2.05, 4.69) is 44.4 Å². The maximum atomic E-state index is 12.6. The lowest BCUT2D eigenvalue weighted by molar-refractivity contribution is -0.148. The molecule has 0 spiro atoms. The number of hydrogen-bond acceptors (Lipinski definition) is 5. The van der Waals surface area contributed by atoms with Crippen LogP contribution >= 0.6 is 0 Å². The summed E-state index contributed by atoms with van der Waals surface area (Å²) in [6, 6.07) is -0.479. The fourth-order valence-corrected chi connectivity index (χ4v) is 4.96. The van der Waals surface area contributed by atoms with Crippen LogP contribution in [0.4, 0.5) is 0 Å². The molecule has 2 aliphatic heterocycles. The summed E-state index contributed by atoms with van der Waals surface area (Å²) in [6.07, 6.45) is 5.71. The fraction of sp³-hybridized carbons (Fsp3) is 0.913. The molecule has 2 aliphatic rings. The number of carboxylic acid groups (broad SMARTS) is 1. The summed E-state index contributed by atoms with van der Waals surface area (Å²) in [5, 5.41) is 9.40. The number of nitrogens with zero attached hydrogens (tertiary/aromatic N) is 2. The molecule has 1 N–H and O–H groups in total. The zero-order chi connectivity index (χ0) is 21.8. The van der Waals surface area contributed by atoms with Crippen molar-refractivity contribution in [3.8, 4) is 0 Å². The van der Waals surface area contributed by atoms with Gasteiger partial charge in [-0.3, -0.25) is 19.4 Å². The van der Waals surface area contributed by atoms with Crippen molar-refractivity contribution in [2.24, 2.45) is 16.7 Å². The highest BCUT2D eigenvalue weighted by molar-refractivity contribution is 5.76. The molecule has 2 heterocycles. The van der Waals surface area contributed by atoms with E-state index in [9.17, 15) is 14.7 Å². The number of methoxy groups -OCH3 is 1. The Hall–Kier alpha value is -1.14. The van der Waals surface area contributed by atoms with E-state index >= 15 is 0 Å². The van der Waals surface area contributed by atoms with Gasteiger partial charge in [-0.05, 0) is 81.5 Å². The molecule has 0 bridgehead atoms. The van der Waals surface area contributed by atoms with Gasteiger partial charge >= 0.3 is 11.9 Å². The van der Waals surface area contributed by atoms with E-state index in [-0.39, 0.29) is 28.9 Å². The molecule has 0 saturated carbocycles. The van der Waals surface area contributed by atoms with Gasteiger partial charge in [0, 0.05) is 0 Å². The normalized spacial score (nSPS) is 26.8. The van der Waals surface area contributed by atoms with E-state index in [4.69, 9.17) is 4.74 Å². The summed E-state index contributed by atoms with van der Waals surface area (Å²) in [4.78, 5) is 28.5. The Bertz CT molecular complexity index is 570. The highest BCUT2D eigenvalue weighted by atomic mass is 16.5. The zero-order valence-electron chi connectivity index (χ0n) is 19.4. The van der Waals surface area contributed by atoms with Crippen LogP contribution in [0.3, 0.4) is 0 Å². The molecule has 0 radical (unpaired) electrons. The Balaban J connectivity index is 1.96. The molecule has 6 heteroatoms. The van der Waals surface area contributed by atoms with Crippen molar-refractivity contribution in [3.63, 3.8) is 0 Å². The molecule has 2 rings (SSSR count). The number of carbonyl (C=O) groups excluding carboxylic acids is 1. The average Bonchev–Trinajstić information content (AvgIpc) is 3.23. The van der Waals surface area contributed by atoms with E-state index in [1.165, 1.54) is 7.11 Å². The summed E-state index contributed by atoms with van der Waals surface area (Å²) in [5.74, 6) is -0.509. The van der Waals surface area contributed by atoms with Gasteiger partial charge in [-0.1, -0.05) is 34.6 Å². The third-order valence-corrected chi connectivity index (χ3v) is 6.76. The Morgan fingerprint density at radius 3 is 2.24 bits per heavy atom. The summed E-state index contributed by atoms with van der Waals surface area (Å²) < 4.78 is 5.17. The number of carboxylic acids is 1. The lowest BCUT2D eigenvalue weighted by Gasteiger charge is -2.34. The number of hydrogen-bond donors (Lipinski definition) is 1. The summed E-state index contributed by atoms with van der Waals surface area (Å²) in [7, 11) is 1.49. The average molecular weight is 411 g/mol. The smallest absolute Gasteiger partial charge is 0.323 e. The summed E-state index contributed by atoms with van der Waals surface area (Å²) in [5.41, 5.74) is 0.303. The highest BCUT2D eigenvalue weighted by Crippen LogP contribution is 2.38. The van der Waals surface area contributed by atoms with Crippen molar-refractivity contribution < 1.29 is 19.4 Å². The third-order valence-electron chi connectivity index (χ3n) is 6.76. The molecule has 0 aliphatic carbocycles. The first-order chi connectivity index (χ1) is 13.4. The second-order valence-electron chi connectivity index (χ2n) is 11.0. The van der Waals surface area contributed by atoms with E-state index < -0.39 is 5.97 Å². The van der Waals surface area contributed by atoms with Crippen LogP contribution < -0.4 is 0 Å². The largest absolute Gasteiger partial charge is 0.480 e. The standard InChI is InChI=1S/C23H42N2O4/c1-22(2,3)10-14-25-13-9-17(19(25)21(28)29-6)16-23(4,5)11-15-24-12-7-8-18(24)20(26)27/h17-19H,7-16H2,1-6H3,(H,26,27)/t17?,18-,19+/m0/s1. The van der Waals surface area contributed by atoms with Crippen molar-refractivity contribution in [2.45, 2.75) is 85.2 Å². The van der Waals surface area contributed by atoms with Crippen LogP contribution in [0.25, 0.3) is 0 Å². The van der Waals surface area contributed by atoms with Gasteiger partial charge in [-0.15, -0.1) is 0 Å². The van der Waals surface area contributed by atoms with Crippen LogP contribution in [0.1, 0.15) is 73.1 Å². The van der Waals surface area contributed by atoms with Crippen LogP contribution in [-0.2, 0) is 14.3 Å². The van der Waals surface area contributed by atoms with Crippen molar-refractivity contribution in [1.82, 2.24) is 9.80 Å². The lowest BCUT2D eigenvalue weighted by Crippen LogP contribution is -2.43. The van der Waals surface area contributed by atoms with Crippen molar-refractivity contribution in [3.05, 3.63) is 0 Å². The second kappa shape index (κ2) is 9.78. The van der Waals surface area contributed by atoms with Crippen LogP contribution in [0.15, 0.2) is 0 Å². The predicted octanol–water partition coefficient (Wildman–Crippen LogP) is 3.64. The fourth-order valence-electron chi connectivity index (χ4n) is 4.96. The Kier molecular flexibility index (Phi) is 8.14. The number of likely N-dealkylation sites (tertiary alicyclic amines) is 2. The van der Waals surface area contributed by atoms with E-state index in [1.807, 2.05) is 0 Å². The van der Waals surface area contributed by atoms with Gasteiger partial charge in [0.05, 0.1) is 7.11 Å². The molecule has 0 aromatic heterocycles. The molecule has 0 aromatic carbocycles. The van der Waals surface area contributed by atoms with E-state index in [1.54, 1.807) is 0 Å². The molecule has 1 unspecified atom stereocenters. The number of ether oxygens (including phenoxy) is 1. The Morgan fingerprint density at radius 2 is 1.66 bits per heavy atom. The maximum Gasteiger partial charge on any atom is 0.323 e. The van der Waals surface area contributed by atoms with E-state index in [0.717, 1.165) is 64.7 Å². The van der Waals surface area contributed by atoms with Crippen molar-refractivity contribution in [1.29, 1.82) is 0 Å². The van der Waals surface area contributed by atoms with Gasteiger partial charge in [0.1, 0.15) is 12.1 Å². The lowest BCUT2D eigenvalue weighted by atomic mass is 9.77. The van der Waals surface area contributed by atoms with Gasteiger partial charge in [-0.2, -0.15) is 0 Å². The van der Waals surface area contributed by atoms with Crippen molar-refractivity contribution >= 4 is 11.9 Å². The number of esters is 1. The molecule has 2 saturated heterocycles. The molecule has 168 valence electrons. The summed E-state index contributed by atoms with van der Waals surface area (Å²) >= 11 is 0. The van der Waals surface area contributed by atoms with Gasteiger partial charge in [-0.25, -0.2) is 0 Å². The molecule has 29 heavy (non-hydrogen) atoms. The minimum absolute atomic E-state index is 0.0582. The predicted molar refractivity (Wildman–Crippen MR) is 115 cm³/mol. The van der Waals surface area contributed by atoms with Crippen LogP contribution in [0.2, 0.25) is 0 Å². The van der Waals surface area contributed by atoms with Gasteiger partial charge in [0.2, 0.25) is 0 Å². The number of rotatable bonds is 9. The number of aliphatic carboxylic acids is 1. The Morgan fingerprint density at radius 1 is 1.00 bits per heavy atom. The SMILES string of the molecule is COC(=O)[C@H]1C(CC(C)(C)CCN2CCC[C@H]2C(=O)O)CCN1CCC(C)(C)C. The third kappa shape index (κ3) is 6.95. The van der Waals surface area contributed by atoms with E-state index in [0.29, 0.717) is 5.92 Å². The minimum atomic E-state index is -0.698. The topological polar surface area (TPSA) is 70.1 Å². The monoisotopic (exact) mass is 410 g/mol. The summed E-state index contributed by atoms with van der Waals surface area (Å²) in [6.45, 7) is 14.8. The van der Waals surface area contributed by atoms with Crippen molar-refractivity contribution in [2.75, 3.05) is 33.3 Å². The molecule has 0 aromatic rings. The number of carbonyl (C=O) groups is 2. The highest BCUT2D eigenvalue weighted by Gasteiger charge is 2.42. The van der Waals surface area contributed by atoms with Gasteiger partial charge < -0.3 is 9.84 Å². The zero-order valence-corrected chi connectivity index (χ0v) is 19.4. The van der Waals surface area contributed by atoms with Crippen LogP contribution in [0, 0.1) is 16.7 Å². The first-order valence-electron chi connectivity index (χ1n) is 11.2. The quantitative estimate of drug-likeness (QED) is 0.585.